The molecule has 0 atom stereocenters. The van der Waals surface area contributed by atoms with E-state index in [0.29, 0.717) is 5.56 Å². The first-order valence-corrected chi connectivity index (χ1v) is 11.3. The van der Waals surface area contributed by atoms with E-state index in [2.05, 4.69) is 37.3 Å². The zero-order chi connectivity index (χ0) is 22.0. The van der Waals surface area contributed by atoms with Crippen LogP contribution in [0.15, 0.2) is 72.0 Å². The van der Waals surface area contributed by atoms with Gasteiger partial charge in [-0.2, -0.15) is 0 Å². The largest absolute Gasteiger partial charge is 0.366 e. The fourth-order valence-corrected chi connectivity index (χ4v) is 4.63. The van der Waals surface area contributed by atoms with Crippen LogP contribution in [-0.4, -0.2) is 26.0 Å². The zero-order valence-electron chi connectivity index (χ0n) is 18.0. The van der Waals surface area contributed by atoms with E-state index in [1.54, 1.807) is 23.9 Å². The topological polar surface area (TPSA) is 73.3 Å². The Morgan fingerprint density at radius 2 is 1.74 bits per heavy atom. The van der Waals surface area contributed by atoms with Gasteiger partial charge in [0.1, 0.15) is 5.03 Å². The minimum atomic E-state index is -0.433. The molecule has 6 heteroatoms. The molecule has 0 saturated carbocycles. The van der Waals surface area contributed by atoms with Crippen LogP contribution in [0.2, 0.25) is 0 Å². The summed E-state index contributed by atoms with van der Waals surface area (Å²) in [6.07, 6.45) is 4.98. The summed E-state index contributed by atoms with van der Waals surface area (Å²) in [5, 5.41) is 0.922. The predicted molar refractivity (Wildman–Crippen MR) is 127 cm³/mol. The number of rotatable bonds is 6. The number of hydrogen-bond donors (Lipinski definition) is 1. The summed E-state index contributed by atoms with van der Waals surface area (Å²) in [7, 11) is 0. The Morgan fingerprint density at radius 3 is 2.39 bits per heavy atom. The van der Waals surface area contributed by atoms with Crippen LogP contribution >= 0.6 is 11.8 Å². The summed E-state index contributed by atoms with van der Waals surface area (Å²) >= 11 is 1.74. The molecule has 0 fully saturated rings. The molecular weight excluding hydrogens is 404 g/mol. The quantitative estimate of drug-likeness (QED) is 0.399. The normalized spacial score (nSPS) is 11.7. The first kappa shape index (κ1) is 21.1. The van der Waals surface area contributed by atoms with Crippen LogP contribution in [-0.2, 0) is 0 Å². The highest BCUT2D eigenvalue weighted by Gasteiger charge is 2.16. The van der Waals surface area contributed by atoms with Gasteiger partial charge in [0, 0.05) is 28.6 Å². The SMILES string of the molecule is CC(C)(C)CCSc1nc(-c2ccccc2)cn2c(-c3ccc(C(N)=O)cc3)cnc12. The first-order valence-electron chi connectivity index (χ1n) is 10.3. The second-order valence-corrected chi connectivity index (χ2v) is 9.82. The van der Waals surface area contributed by atoms with Gasteiger partial charge in [0.05, 0.1) is 17.6 Å². The maximum atomic E-state index is 11.4. The fraction of sp³-hybridized carbons (Fsp3) is 0.240. The minimum absolute atomic E-state index is 0.267. The minimum Gasteiger partial charge on any atom is -0.366 e. The van der Waals surface area contributed by atoms with Gasteiger partial charge >= 0.3 is 0 Å². The van der Waals surface area contributed by atoms with Crippen molar-refractivity contribution in [3.63, 3.8) is 0 Å². The second kappa shape index (κ2) is 8.55. The Bertz CT molecular complexity index is 1210. The van der Waals surface area contributed by atoms with Gasteiger partial charge < -0.3 is 5.73 Å². The van der Waals surface area contributed by atoms with Crippen molar-refractivity contribution < 1.29 is 4.79 Å². The van der Waals surface area contributed by atoms with Crippen LogP contribution in [0.3, 0.4) is 0 Å². The molecule has 31 heavy (non-hydrogen) atoms. The summed E-state index contributed by atoms with van der Waals surface area (Å²) < 4.78 is 2.09. The number of benzene rings is 2. The Morgan fingerprint density at radius 1 is 1.03 bits per heavy atom. The van der Waals surface area contributed by atoms with Crippen LogP contribution < -0.4 is 5.73 Å². The molecule has 158 valence electrons. The number of nitrogens with two attached hydrogens (primary N) is 1. The number of carbonyl (C=O) groups excluding carboxylic acids is 1. The molecule has 5 nitrogen and oxygen atoms in total. The molecule has 2 N–H and O–H groups in total. The van der Waals surface area contributed by atoms with Gasteiger partial charge in [-0.05, 0) is 24.0 Å². The number of nitrogens with zero attached hydrogens (tertiary/aromatic N) is 3. The molecule has 0 radical (unpaired) electrons. The van der Waals surface area contributed by atoms with Crippen molar-refractivity contribution in [1.82, 2.24) is 14.4 Å². The highest BCUT2D eigenvalue weighted by Crippen LogP contribution is 2.32. The number of carbonyl (C=O) groups is 1. The van der Waals surface area contributed by atoms with E-state index in [0.717, 1.165) is 45.4 Å². The molecule has 0 spiro atoms. The van der Waals surface area contributed by atoms with E-state index >= 15 is 0 Å². The van der Waals surface area contributed by atoms with Crippen molar-refractivity contribution in [1.29, 1.82) is 0 Å². The van der Waals surface area contributed by atoms with Crippen molar-refractivity contribution in [3.8, 4) is 22.5 Å². The summed E-state index contributed by atoms with van der Waals surface area (Å²) in [5.41, 5.74) is 10.9. The standard InChI is InChI=1S/C25H26N4OS/c1-25(2,3)13-14-31-24-23-27-15-21(18-9-11-19(12-10-18)22(26)30)29(23)16-20(28-24)17-7-5-4-6-8-17/h4-12,15-16H,13-14H2,1-3H3,(H2,26,30). The van der Waals surface area contributed by atoms with Gasteiger partial charge in [-0.1, -0.05) is 63.2 Å². The number of aromatic nitrogens is 3. The average Bonchev–Trinajstić information content (AvgIpc) is 3.18. The molecule has 4 rings (SSSR count). The molecule has 0 saturated heterocycles. The van der Waals surface area contributed by atoms with E-state index in [9.17, 15) is 4.79 Å². The summed E-state index contributed by atoms with van der Waals surface area (Å²) in [6, 6.07) is 17.5. The summed E-state index contributed by atoms with van der Waals surface area (Å²) in [6.45, 7) is 6.75. The highest BCUT2D eigenvalue weighted by atomic mass is 32.2. The molecule has 4 aromatic rings. The maximum absolute atomic E-state index is 11.4. The van der Waals surface area contributed by atoms with E-state index in [1.807, 2.05) is 42.7 Å². The molecule has 0 aliphatic carbocycles. The maximum Gasteiger partial charge on any atom is 0.248 e. The lowest BCUT2D eigenvalue weighted by atomic mass is 9.94. The first-order chi connectivity index (χ1) is 14.8. The number of imidazole rings is 1. The highest BCUT2D eigenvalue weighted by molar-refractivity contribution is 7.99. The molecule has 0 aliphatic heterocycles. The third kappa shape index (κ3) is 4.80. The Balaban J connectivity index is 1.80. The molecular formula is C25H26N4OS. The summed E-state index contributed by atoms with van der Waals surface area (Å²) in [4.78, 5) is 21.1. The molecule has 0 aliphatic rings. The van der Waals surface area contributed by atoms with Crippen molar-refractivity contribution >= 4 is 23.3 Å². The lowest BCUT2D eigenvalue weighted by Crippen LogP contribution is -2.10. The van der Waals surface area contributed by atoms with Crippen LogP contribution in [0.4, 0.5) is 0 Å². The Hall–Kier alpha value is -3.12. The lowest BCUT2D eigenvalue weighted by Gasteiger charge is -2.17. The third-order valence-electron chi connectivity index (χ3n) is 5.09. The van der Waals surface area contributed by atoms with E-state index < -0.39 is 5.91 Å². The fourth-order valence-electron chi connectivity index (χ4n) is 3.28. The monoisotopic (exact) mass is 430 g/mol. The number of hydrogen-bond acceptors (Lipinski definition) is 4. The molecule has 2 aromatic carbocycles. The van der Waals surface area contributed by atoms with Gasteiger partial charge in [0.25, 0.3) is 0 Å². The van der Waals surface area contributed by atoms with Gasteiger partial charge in [0.15, 0.2) is 5.65 Å². The molecule has 1 amide bonds. The second-order valence-electron chi connectivity index (χ2n) is 8.74. The molecule has 2 heterocycles. The van der Waals surface area contributed by atoms with E-state index in [-0.39, 0.29) is 5.41 Å². The molecule has 0 bridgehead atoms. The number of primary amides is 1. The molecule has 0 unspecified atom stereocenters. The van der Waals surface area contributed by atoms with Crippen LogP contribution in [0.1, 0.15) is 37.6 Å². The number of thioether (sulfide) groups is 1. The van der Waals surface area contributed by atoms with E-state index in [4.69, 9.17) is 15.7 Å². The van der Waals surface area contributed by atoms with Crippen molar-refractivity contribution in [2.45, 2.75) is 32.2 Å². The van der Waals surface area contributed by atoms with Gasteiger partial charge in [-0.25, -0.2) is 9.97 Å². The van der Waals surface area contributed by atoms with Crippen molar-refractivity contribution in [3.05, 3.63) is 72.6 Å². The Labute approximate surface area is 186 Å². The number of amides is 1. The van der Waals surface area contributed by atoms with E-state index in [1.165, 1.54) is 0 Å². The Kier molecular flexibility index (Phi) is 5.83. The van der Waals surface area contributed by atoms with Crippen LogP contribution in [0.5, 0.6) is 0 Å². The van der Waals surface area contributed by atoms with Crippen molar-refractivity contribution in [2.24, 2.45) is 11.1 Å². The number of fused-ring (bicyclic) bond motifs is 1. The van der Waals surface area contributed by atoms with Crippen molar-refractivity contribution in [2.75, 3.05) is 5.75 Å². The average molecular weight is 431 g/mol. The smallest absolute Gasteiger partial charge is 0.248 e. The molecule has 2 aromatic heterocycles. The zero-order valence-corrected chi connectivity index (χ0v) is 18.8. The van der Waals surface area contributed by atoms with Gasteiger partial charge in [-0.15, -0.1) is 11.8 Å². The van der Waals surface area contributed by atoms with Crippen LogP contribution in [0.25, 0.3) is 28.2 Å². The summed E-state index contributed by atoms with van der Waals surface area (Å²) in [5.74, 6) is 0.540. The predicted octanol–water partition coefficient (Wildman–Crippen LogP) is 5.69. The van der Waals surface area contributed by atoms with Crippen LogP contribution in [0, 0.1) is 5.41 Å². The lowest BCUT2D eigenvalue weighted by molar-refractivity contribution is 0.100. The third-order valence-corrected chi connectivity index (χ3v) is 6.04. The van der Waals surface area contributed by atoms with Gasteiger partial charge in [0.2, 0.25) is 5.91 Å². The van der Waals surface area contributed by atoms with Gasteiger partial charge in [-0.3, -0.25) is 9.20 Å².